The van der Waals surface area contributed by atoms with Crippen LogP contribution in [0.5, 0.6) is 5.88 Å². The van der Waals surface area contributed by atoms with E-state index in [0.717, 1.165) is 30.7 Å². The topological polar surface area (TPSA) is 71.5 Å². The van der Waals surface area contributed by atoms with E-state index in [2.05, 4.69) is 17.2 Å². The fraction of sp³-hybridized carbons (Fsp3) is 0.538. The molecule has 0 aliphatic carbocycles. The van der Waals surface area contributed by atoms with Gasteiger partial charge in [-0.2, -0.15) is 13.2 Å². The molecule has 0 spiro atoms. The molecule has 0 bridgehead atoms. The zero-order valence-electron chi connectivity index (χ0n) is 19.7. The zero-order chi connectivity index (χ0) is 24.8. The van der Waals surface area contributed by atoms with E-state index in [1.54, 1.807) is 30.5 Å². The van der Waals surface area contributed by atoms with Crippen LogP contribution in [0.25, 0.3) is 0 Å². The molecule has 1 aliphatic heterocycles. The van der Waals surface area contributed by atoms with Crippen LogP contribution in [0.15, 0.2) is 42.6 Å². The minimum absolute atomic E-state index is 0.196. The summed E-state index contributed by atoms with van der Waals surface area (Å²) < 4.78 is 42.4. The van der Waals surface area contributed by atoms with E-state index in [0.29, 0.717) is 18.0 Å². The number of fused-ring (bicyclic) bond motifs is 1. The predicted molar refractivity (Wildman–Crippen MR) is 126 cm³/mol. The second kappa shape index (κ2) is 14.6. The first-order chi connectivity index (χ1) is 16.3. The maximum atomic E-state index is 12.4. The Hall–Kier alpha value is -2.61. The number of nitrogens with one attached hydrogen (secondary N) is 1. The van der Waals surface area contributed by atoms with Gasteiger partial charge < -0.3 is 15.2 Å². The molecule has 8 heteroatoms. The van der Waals surface area contributed by atoms with Gasteiger partial charge in [0.1, 0.15) is 12.5 Å². The molecule has 5 nitrogen and oxygen atoms in total. The van der Waals surface area contributed by atoms with Gasteiger partial charge in [-0.25, -0.2) is 4.98 Å². The van der Waals surface area contributed by atoms with Crippen molar-refractivity contribution in [2.75, 3.05) is 13.2 Å². The summed E-state index contributed by atoms with van der Waals surface area (Å²) in [5, 5.41) is 12.0. The lowest BCUT2D eigenvalue weighted by Gasteiger charge is -2.08. The number of hydrogen-bond acceptors (Lipinski definition) is 4. The van der Waals surface area contributed by atoms with E-state index in [1.807, 2.05) is 0 Å². The second-order valence-electron chi connectivity index (χ2n) is 8.45. The Bertz CT molecular complexity index is 857. The molecule has 2 N–H and O–H groups in total. The summed E-state index contributed by atoms with van der Waals surface area (Å²) in [7, 11) is 0. The SMILES string of the molecule is CCCCCCCCCCNCc1ccc(C(F)(F)F)cc1.O=C(O)C1COc2ncccc21. The van der Waals surface area contributed by atoms with Gasteiger partial charge in [-0.15, -0.1) is 0 Å². The molecule has 0 radical (unpaired) electrons. The number of aliphatic carboxylic acids is 1. The van der Waals surface area contributed by atoms with Crippen LogP contribution >= 0.6 is 0 Å². The molecule has 34 heavy (non-hydrogen) atoms. The van der Waals surface area contributed by atoms with Crippen LogP contribution in [-0.2, 0) is 17.5 Å². The molecule has 0 fully saturated rings. The van der Waals surface area contributed by atoms with Crippen LogP contribution in [0.2, 0.25) is 0 Å². The van der Waals surface area contributed by atoms with Gasteiger partial charge >= 0.3 is 12.1 Å². The van der Waals surface area contributed by atoms with Gasteiger partial charge in [-0.05, 0) is 36.7 Å². The molecule has 2 aromatic rings. The van der Waals surface area contributed by atoms with Gasteiger partial charge in [0, 0.05) is 18.3 Å². The predicted octanol–water partition coefficient (Wildman–Crippen LogP) is 6.58. The van der Waals surface area contributed by atoms with E-state index in [-0.39, 0.29) is 6.61 Å². The lowest BCUT2D eigenvalue weighted by Crippen LogP contribution is -2.15. The first-order valence-corrected chi connectivity index (χ1v) is 12.0. The minimum atomic E-state index is -4.25. The molecular weight excluding hydrogens is 445 g/mol. The number of carboxylic acids is 1. The van der Waals surface area contributed by atoms with Crippen molar-refractivity contribution in [3.8, 4) is 5.88 Å². The van der Waals surface area contributed by atoms with Crippen molar-refractivity contribution in [1.82, 2.24) is 10.3 Å². The lowest BCUT2D eigenvalue weighted by atomic mass is 10.0. The molecule has 1 aromatic heterocycles. The Balaban J connectivity index is 0.000000283. The van der Waals surface area contributed by atoms with Crippen molar-refractivity contribution in [3.05, 3.63) is 59.3 Å². The summed E-state index contributed by atoms with van der Waals surface area (Å²) in [6.45, 7) is 3.98. The van der Waals surface area contributed by atoms with Crippen molar-refractivity contribution in [1.29, 1.82) is 0 Å². The van der Waals surface area contributed by atoms with Crippen molar-refractivity contribution < 1.29 is 27.8 Å². The first-order valence-electron chi connectivity index (χ1n) is 12.0. The number of unbranched alkanes of at least 4 members (excludes halogenated alkanes) is 7. The summed E-state index contributed by atoms with van der Waals surface area (Å²) in [4.78, 5) is 14.6. The highest BCUT2D eigenvalue weighted by Gasteiger charge is 2.31. The molecule has 1 atom stereocenters. The number of aromatic nitrogens is 1. The average molecular weight is 481 g/mol. The Kier molecular flexibility index (Phi) is 11.9. The molecule has 1 aliphatic rings. The number of hydrogen-bond donors (Lipinski definition) is 2. The molecule has 3 rings (SSSR count). The van der Waals surface area contributed by atoms with Crippen molar-refractivity contribution in [3.63, 3.8) is 0 Å². The van der Waals surface area contributed by atoms with E-state index in [9.17, 15) is 18.0 Å². The summed E-state index contributed by atoms with van der Waals surface area (Å²) >= 11 is 0. The largest absolute Gasteiger partial charge is 0.481 e. The Morgan fingerprint density at radius 3 is 2.32 bits per heavy atom. The van der Waals surface area contributed by atoms with Gasteiger partial charge in [0.25, 0.3) is 0 Å². The van der Waals surface area contributed by atoms with Crippen LogP contribution in [0.4, 0.5) is 13.2 Å². The van der Waals surface area contributed by atoms with E-state index >= 15 is 0 Å². The molecule has 1 aromatic carbocycles. The van der Waals surface area contributed by atoms with E-state index in [4.69, 9.17) is 9.84 Å². The molecule has 188 valence electrons. The molecule has 0 amide bonds. The van der Waals surface area contributed by atoms with Gasteiger partial charge in [0.05, 0.1) is 5.56 Å². The zero-order valence-corrected chi connectivity index (χ0v) is 19.7. The van der Waals surface area contributed by atoms with Crippen molar-refractivity contribution >= 4 is 5.97 Å². The number of carbonyl (C=O) groups is 1. The number of nitrogens with zero attached hydrogens (tertiary/aromatic N) is 1. The standard InChI is InChI=1S/C18H28F3N.C8H7NO3/c1-2-3-4-5-6-7-8-9-14-22-15-16-10-12-17(13-11-16)18(19,20)21;10-8(11)6-4-12-7-5(6)2-1-3-9-7/h10-13,22H,2-9,14-15H2,1H3;1-3,6H,4H2,(H,10,11). The number of benzene rings is 1. The summed E-state index contributed by atoms with van der Waals surface area (Å²) in [6.07, 6.45) is 7.62. The maximum Gasteiger partial charge on any atom is 0.416 e. The summed E-state index contributed by atoms with van der Waals surface area (Å²) in [5.41, 5.74) is 0.983. The van der Waals surface area contributed by atoms with Gasteiger partial charge in [0.2, 0.25) is 5.88 Å². The fourth-order valence-electron chi connectivity index (χ4n) is 3.67. The smallest absolute Gasteiger partial charge is 0.416 e. The number of carboxylic acid groups (broad SMARTS) is 1. The van der Waals surface area contributed by atoms with Crippen LogP contribution in [0.1, 0.15) is 80.9 Å². The highest BCUT2D eigenvalue weighted by Crippen LogP contribution is 2.31. The fourth-order valence-corrected chi connectivity index (χ4v) is 3.67. The number of halogens is 3. The maximum absolute atomic E-state index is 12.4. The second-order valence-corrected chi connectivity index (χ2v) is 8.45. The van der Waals surface area contributed by atoms with Crippen LogP contribution in [0.3, 0.4) is 0 Å². The minimum Gasteiger partial charge on any atom is -0.481 e. The van der Waals surface area contributed by atoms with E-state index < -0.39 is 23.6 Å². The summed E-state index contributed by atoms with van der Waals surface area (Å²) in [5.74, 6) is -0.958. The lowest BCUT2D eigenvalue weighted by molar-refractivity contribution is -0.139. The third-order valence-corrected chi connectivity index (χ3v) is 5.68. The van der Waals surface area contributed by atoms with Crippen molar-refractivity contribution in [2.24, 2.45) is 0 Å². The quantitative estimate of drug-likeness (QED) is 0.336. The number of ether oxygens (including phenoxy) is 1. The van der Waals surface area contributed by atoms with Crippen LogP contribution < -0.4 is 10.1 Å². The van der Waals surface area contributed by atoms with Crippen LogP contribution in [0, 0.1) is 0 Å². The molecule has 2 heterocycles. The van der Waals surface area contributed by atoms with Crippen LogP contribution in [-0.4, -0.2) is 29.2 Å². The highest BCUT2D eigenvalue weighted by molar-refractivity contribution is 5.78. The number of pyridine rings is 1. The molecule has 0 saturated carbocycles. The average Bonchev–Trinajstić information content (AvgIpc) is 3.25. The monoisotopic (exact) mass is 480 g/mol. The van der Waals surface area contributed by atoms with E-state index in [1.165, 1.54) is 44.9 Å². The van der Waals surface area contributed by atoms with Crippen molar-refractivity contribution in [2.45, 2.75) is 76.9 Å². The Morgan fingerprint density at radius 1 is 1.06 bits per heavy atom. The first kappa shape index (κ1) is 27.6. The Morgan fingerprint density at radius 2 is 1.71 bits per heavy atom. The third kappa shape index (κ3) is 9.71. The Labute approximate surface area is 199 Å². The normalized spacial score (nSPS) is 14.6. The van der Waals surface area contributed by atoms with Gasteiger partial charge in [-0.1, -0.05) is 70.1 Å². The molecule has 0 saturated heterocycles. The number of alkyl halides is 3. The molecular formula is C26H35F3N2O3. The van der Waals surface area contributed by atoms with Gasteiger partial charge in [0.15, 0.2) is 0 Å². The summed E-state index contributed by atoms with van der Waals surface area (Å²) in [6, 6.07) is 8.82. The third-order valence-electron chi connectivity index (χ3n) is 5.68. The highest BCUT2D eigenvalue weighted by atomic mass is 19.4. The number of rotatable bonds is 12. The van der Waals surface area contributed by atoms with Gasteiger partial charge in [-0.3, -0.25) is 4.79 Å². The molecule has 1 unspecified atom stereocenters.